The molecule has 2 rings (SSSR count). The number of carboxylic acids is 1. The molecule has 0 unspecified atom stereocenters. The number of carbonyl (C=O) groups is 1. The first-order chi connectivity index (χ1) is 10.2. The summed E-state index contributed by atoms with van der Waals surface area (Å²) in [5.74, 6) is -1.90. The molecule has 0 bridgehead atoms. The predicted molar refractivity (Wildman–Crippen MR) is 80.4 cm³/mol. The van der Waals surface area contributed by atoms with Gasteiger partial charge in [-0.15, -0.1) is 0 Å². The molecule has 2 N–H and O–H groups in total. The molecule has 5 nitrogen and oxygen atoms in total. The minimum absolute atomic E-state index is 0.0370. The van der Waals surface area contributed by atoms with Crippen LogP contribution >= 0.6 is 11.6 Å². The summed E-state index contributed by atoms with van der Waals surface area (Å²) in [6.45, 7) is 1.55. The SMILES string of the molecule is Cc1ccc(NS(=O)(=O)c2ccc(Cl)c(C(=O)O)c2)cc1F. The molecule has 0 heterocycles. The Balaban J connectivity index is 2.40. The standard InChI is InChI=1S/C14H11ClFNO4S/c1-8-2-3-9(6-13(8)16)17-22(20,21)10-4-5-12(15)11(7-10)14(18)19/h2-7,17H,1H3,(H,18,19). The van der Waals surface area contributed by atoms with Gasteiger partial charge in [-0.05, 0) is 42.8 Å². The van der Waals surface area contributed by atoms with Gasteiger partial charge < -0.3 is 5.11 Å². The van der Waals surface area contributed by atoms with E-state index in [-0.39, 0.29) is 21.2 Å². The van der Waals surface area contributed by atoms with Crippen molar-refractivity contribution in [3.8, 4) is 0 Å². The lowest BCUT2D eigenvalue weighted by atomic mass is 10.2. The van der Waals surface area contributed by atoms with Crippen LogP contribution in [0.5, 0.6) is 0 Å². The quantitative estimate of drug-likeness (QED) is 0.892. The number of aryl methyl sites for hydroxylation is 1. The van der Waals surface area contributed by atoms with Crippen LogP contribution in [0.25, 0.3) is 0 Å². The molecule has 116 valence electrons. The van der Waals surface area contributed by atoms with Gasteiger partial charge in [0.1, 0.15) is 5.82 Å². The Labute approximate surface area is 131 Å². The number of halogens is 2. The van der Waals surface area contributed by atoms with Gasteiger partial charge in [0, 0.05) is 0 Å². The monoisotopic (exact) mass is 343 g/mol. The van der Waals surface area contributed by atoms with Crippen molar-refractivity contribution in [2.75, 3.05) is 4.72 Å². The largest absolute Gasteiger partial charge is 0.478 e. The maximum atomic E-state index is 13.4. The van der Waals surface area contributed by atoms with Crippen LogP contribution < -0.4 is 4.72 Å². The van der Waals surface area contributed by atoms with Crippen LogP contribution in [-0.4, -0.2) is 19.5 Å². The maximum absolute atomic E-state index is 13.4. The highest BCUT2D eigenvalue weighted by Crippen LogP contribution is 2.23. The second-order valence-corrected chi connectivity index (χ2v) is 6.61. The molecule has 0 fully saturated rings. The molecule has 0 amide bonds. The van der Waals surface area contributed by atoms with Crippen LogP contribution in [0.2, 0.25) is 5.02 Å². The van der Waals surface area contributed by atoms with Gasteiger partial charge in [0.15, 0.2) is 0 Å². The van der Waals surface area contributed by atoms with Crippen molar-refractivity contribution in [1.82, 2.24) is 0 Å². The molecular weight excluding hydrogens is 333 g/mol. The van der Waals surface area contributed by atoms with E-state index < -0.39 is 21.8 Å². The number of nitrogens with one attached hydrogen (secondary N) is 1. The summed E-state index contributed by atoms with van der Waals surface area (Å²) in [6, 6.07) is 7.16. The Kier molecular flexibility index (Phi) is 4.39. The van der Waals surface area contributed by atoms with Gasteiger partial charge in [0.25, 0.3) is 10.0 Å². The number of aromatic carboxylic acids is 1. The summed E-state index contributed by atoms with van der Waals surface area (Å²) in [5.41, 5.74) is 0.0807. The first-order valence-corrected chi connectivity index (χ1v) is 7.88. The fourth-order valence-electron chi connectivity index (χ4n) is 1.71. The van der Waals surface area contributed by atoms with Gasteiger partial charge in [0.05, 0.1) is 21.2 Å². The van der Waals surface area contributed by atoms with Gasteiger partial charge in [-0.25, -0.2) is 17.6 Å². The van der Waals surface area contributed by atoms with Crippen LogP contribution in [0, 0.1) is 12.7 Å². The molecule has 22 heavy (non-hydrogen) atoms. The van der Waals surface area contributed by atoms with E-state index in [0.717, 1.165) is 12.1 Å². The number of benzene rings is 2. The Morgan fingerprint density at radius 3 is 2.50 bits per heavy atom. The zero-order valence-corrected chi connectivity index (χ0v) is 12.9. The molecule has 0 spiro atoms. The van der Waals surface area contributed by atoms with Gasteiger partial charge in [-0.2, -0.15) is 0 Å². The highest BCUT2D eigenvalue weighted by Gasteiger charge is 2.19. The minimum Gasteiger partial charge on any atom is -0.478 e. The Morgan fingerprint density at radius 2 is 1.91 bits per heavy atom. The minimum atomic E-state index is -4.05. The second kappa shape index (κ2) is 5.94. The van der Waals surface area contributed by atoms with Crippen molar-refractivity contribution in [3.63, 3.8) is 0 Å². The molecule has 0 atom stereocenters. The molecule has 8 heteroatoms. The van der Waals surface area contributed by atoms with Crippen LogP contribution in [0.3, 0.4) is 0 Å². The van der Waals surface area contributed by atoms with Gasteiger partial charge >= 0.3 is 5.97 Å². The highest BCUT2D eigenvalue weighted by atomic mass is 35.5. The lowest BCUT2D eigenvalue weighted by Gasteiger charge is -2.10. The molecule has 0 saturated carbocycles. The summed E-state index contributed by atoms with van der Waals surface area (Å²) in [5, 5.41) is 8.89. The van der Waals surface area contributed by atoms with Gasteiger partial charge in [-0.3, -0.25) is 4.72 Å². The molecule has 0 aliphatic heterocycles. The smallest absolute Gasteiger partial charge is 0.337 e. The maximum Gasteiger partial charge on any atom is 0.337 e. The molecular formula is C14H11ClFNO4S. The van der Waals surface area contributed by atoms with Crippen LogP contribution in [0.4, 0.5) is 10.1 Å². The number of hydrogen-bond acceptors (Lipinski definition) is 3. The third-order valence-electron chi connectivity index (χ3n) is 2.90. The lowest BCUT2D eigenvalue weighted by Crippen LogP contribution is -2.14. The molecule has 0 aliphatic carbocycles. The number of rotatable bonds is 4. The Morgan fingerprint density at radius 1 is 1.23 bits per heavy atom. The summed E-state index contributed by atoms with van der Waals surface area (Å²) >= 11 is 5.69. The van der Waals surface area contributed by atoms with E-state index in [1.807, 2.05) is 0 Å². The van der Waals surface area contributed by atoms with Crippen molar-refractivity contribution < 1.29 is 22.7 Å². The molecule has 0 saturated heterocycles. The van der Waals surface area contributed by atoms with Crippen molar-refractivity contribution in [1.29, 1.82) is 0 Å². The molecule has 0 aromatic heterocycles. The first kappa shape index (κ1) is 16.3. The average Bonchev–Trinajstić information content (AvgIpc) is 2.42. The number of sulfonamides is 1. The van der Waals surface area contributed by atoms with Crippen molar-refractivity contribution in [2.45, 2.75) is 11.8 Å². The van der Waals surface area contributed by atoms with Crippen molar-refractivity contribution >= 4 is 33.3 Å². The van der Waals surface area contributed by atoms with E-state index in [1.54, 1.807) is 6.92 Å². The van der Waals surface area contributed by atoms with Gasteiger partial charge in [0.2, 0.25) is 0 Å². The predicted octanol–water partition coefficient (Wildman–Crippen LogP) is 3.29. The number of hydrogen-bond donors (Lipinski definition) is 2. The zero-order valence-electron chi connectivity index (χ0n) is 11.3. The normalized spacial score (nSPS) is 11.2. The fourth-order valence-corrected chi connectivity index (χ4v) is 2.98. The van der Waals surface area contributed by atoms with Crippen molar-refractivity contribution in [3.05, 3.63) is 58.4 Å². The number of anilines is 1. The average molecular weight is 344 g/mol. The summed E-state index contributed by atoms with van der Waals surface area (Å²) in [6.07, 6.45) is 0. The highest BCUT2D eigenvalue weighted by molar-refractivity contribution is 7.92. The third-order valence-corrected chi connectivity index (χ3v) is 4.61. The molecule has 2 aromatic rings. The Bertz CT molecular complexity index is 852. The van der Waals surface area contributed by atoms with Crippen LogP contribution in [0.15, 0.2) is 41.3 Å². The van der Waals surface area contributed by atoms with E-state index in [9.17, 15) is 17.6 Å². The van der Waals surface area contributed by atoms with Crippen LogP contribution in [0.1, 0.15) is 15.9 Å². The van der Waals surface area contributed by atoms with Gasteiger partial charge in [-0.1, -0.05) is 17.7 Å². The molecule has 0 radical (unpaired) electrons. The zero-order chi connectivity index (χ0) is 16.5. The third kappa shape index (κ3) is 3.37. The van der Waals surface area contributed by atoms with E-state index in [1.165, 1.54) is 24.3 Å². The van der Waals surface area contributed by atoms with Crippen LogP contribution in [-0.2, 0) is 10.0 Å². The fraction of sp³-hybridized carbons (Fsp3) is 0.0714. The summed E-state index contributed by atoms with van der Waals surface area (Å²) in [4.78, 5) is 10.7. The van der Waals surface area contributed by atoms with E-state index in [0.29, 0.717) is 5.56 Å². The Hall–Kier alpha value is -2.12. The van der Waals surface area contributed by atoms with E-state index in [4.69, 9.17) is 16.7 Å². The number of carboxylic acid groups (broad SMARTS) is 1. The summed E-state index contributed by atoms with van der Waals surface area (Å²) < 4.78 is 40.1. The summed E-state index contributed by atoms with van der Waals surface area (Å²) in [7, 11) is -4.05. The lowest BCUT2D eigenvalue weighted by molar-refractivity contribution is 0.0697. The van der Waals surface area contributed by atoms with Crippen molar-refractivity contribution in [2.24, 2.45) is 0 Å². The first-order valence-electron chi connectivity index (χ1n) is 6.02. The molecule has 2 aromatic carbocycles. The van der Waals surface area contributed by atoms with E-state index >= 15 is 0 Å². The molecule has 0 aliphatic rings. The van der Waals surface area contributed by atoms with E-state index in [2.05, 4.69) is 4.72 Å². The second-order valence-electron chi connectivity index (χ2n) is 4.52. The topological polar surface area (TPSA) is 83.5 Å².